The van der Waals surface area contributed by atoms with Crippen LogP contribution < -0.4 is 25.0 Å². The van der Waals surface area contributed by atoms with Gasteiger partial charge in [-0.2, -0.15) is 0 Å². The quantitative estimate of drug-likeness (QED) is 0.691. The van der Waals surface area contributed by atoms with Gasteiger partial charge < -0.3 is 20.1 Å². The fourth-order valence-corrected chi connectivity index (χ4v) is 3.56. The number of benzene rings is 2. The molecule has 1 saturated heterocycles. The van der Waals surface area contributed by atoms with Crippen molar-refractivity contribution >= 4 is 23.5 Å². The van der Waals surface area contributed by atoms with Crippen LogP contribution in [0.1, 0.15) is 31.4 Å². The van der Waals surface area contributed by atoms with Gasteiger partial charge in [-0.3, -0.25) is 9.59 Å². The van der Waals surface area contributed by atoms with Crippen LogP contribution in [0, 0.1) is 5.82 Å². The monoisotopic (exact) mass is 427 g/mol. The van der Waals surface area contributed by atoms with E-state index in [4.69, 9.17) is 9.47 Å². The fourth-order valence-electron chi connectivity index (χ4n) is 3.56. The Kier molecular flexibility index (Phi) is 5.75. The van der Waals surface area contributed by atoms with Gasteiger partial charge in [0.25, 0.3) is 5.91 Å². The summed E-state index contributed by atoms with van der Waals surface area (Å²) in [7, 11) is 0. The maximum Gasteiger partial charge on any atom is 0.329 e. The molecular formula is C22H22FN3O5. The van der Waals surface area contributed by atoms with Gasteiger partial charge in [0, 0.05) is 6.42 Å². The molecule has 0 aliphatic carbocycles. The molecule has 2 atom stereocenters. The first-order valence-corrected chi connectivity index (χ1v) is 10.0. The molecule has 0 aromatic heterocycles. The molecule has 2 N–H and O–H groups in total. The molecule has 31 heavy (non-hydrogen) atoms. The number of carbonyl (C=O) groups is 3. The SMILES string of the molecule is C[C@H](NC(=O)CC[C@@H]1NC(=O)N(c2ccc(F)cc2)C1=O)c1ccc2c(c1)OCCO2. The Labute approximate surface area is 178 Å². The van der Waals surface area contributed by atoms with Crippen molar-refractivity contribution in [1.82, 2.24) is 10.6 Å². The topological polar surface area (TPSA) is 97.0 Å². The van der Waals surface area contributed by atoms with E-state index in [1.807, 2.05) is 25.1 Å². The number of hydrogen-bond acceptors (Lipinski definition) is 5. The van der Waals surface area contributed by atoms with E-state index in [1.165, 1.54) is 24.3 Å². The van der Waals surface area contributed by atoms with Crippen LogP contribution in [0.2, 0.25) is 0 Å². The molecule has 2 aliphatic rings. The third kappa shape index (κ3) is 4.45. The lowest BCUT2D eigenvalue weighted by Crippen LogP contribution is -2.33. The second kappa shape index (κ2) is 8.63. The molecule has 9 heteroatoms. The highest BCUT2D eigenvalue weighted by Gasteiger charge is 2.39. The molecule has 0 unspecified atom stereocenters. The van der Waals surface area contributed by atoms with E-state index in [9.17, 15) is 18.8 Å². The summed E-state index contributed by atoms with van der Waals surface area (Å²) in [6.07, 6.45) is 0.213. The summed E-state index contributed by atoms with van der Waals surface area (Å²) in [4.78, 5) is 38.1. The zero-order valence-electron chi connectivity index (χ0n) is 16.9. The third-order valence-corrected chi connectivity index (χ3v) is 5.21. The Morgan fingerprint density at radius 3 is 2.61 bits per heavy atom. The number of urea groups is 1. The van der Waals surface area contributed by atoms with E-state index >= 15 is 0 Å². The number of carbonyl (C=O) groups excluding carboxylic acids is 3. The largest absolute Gasteiger partial charge is 0.486 e. The van der Waals surface area contributed by atoms with Gasteiger partial charge in [0.2, 0.25) is 5.91 Å². The molecule has 162 valence electrons. The second-order valence-electron chi connectivity index (χ2n) is 7.38. The van der Waals surface area contributed by atoms with Gasteiger partial charge in [-0.25, -0.2) is 14.1 Å². The van der Waals surface area contributed by atoms with E-state index in [-0.39, 0.29) is 30.5 Å². The Balaban J connectivity index is 1.32. The molecule has 0 radical (unpaired) electrons. The van der Waals surface area contributed by atoms with Crippen molar-refractivity contribution in [2.45, 2.75) is 31.8 Å². The highest BCUT2D eigenvalue weighted by atomic mass is 19.1. The zero-order valence-corrected chi connectivity index (χ0v) is 16.9. The highest BCUT2D eigenvalue weighted by molar-refractivity contribution is 6.21. The summed E-state index contributed by atoms with van der Waals surface area (Å²) in [5.74, 6) is 0.143. The smallest absolute Gasteiger partial charge is 0.329 e. The molecule has 4 rings (SSSR count). The molecule has 0 saturated carbocycles. The van der Waals surface area contributed by atoms with E-state index in [0.29, 0.717) is 24.7 Å². The minimum Gasteiger partial charge on any atom is -0.486 e. The molecule has 8 nitrogen and oxygen atoms in total. The molecule has 0 bridgehead atoms. The predicted molar refractivity (Wildman–Crippen MR) is 109 cm³/mol. The highest BCUT2D eigenvalue weighted by Crippen LogP contribution is 2.32. The molecule has 1 fully saturated rings. The maximum atomic E-state index is 13.1. The van der Waals surface area contributed by atoms with Crippen LogP contribution in [-0.4, -0.2) is 37.1 Å². The van der Waals surface area contributed by atoms with Crippen molar-refractivity contribution in [3.05, 3.63) is 53.8 Å². The lowest BCUT2D eigenvalue weighted by atomic mass is 10.1. The van der Waals surface area contributed by atoms with Gasteiger partial charge in [0.15, 0.2) is 11.5 Å². The lowest BCUT2D eigenvalue weighted by Gasteiger charge is -2.21. The average molecular weight is 427 g/mol. The molecule has 4 amide bonds. The lowest BCUT2D eigenvalue weighted by molar-refractivity contribution is -0.122. The van der Waals surface area contributed by atoms with Crippen molar-refractivity contribution in [2.75, 3.05) is 18.1 Å². The number of amides is 4. The van der Waals surface area contributed by atoms with E-state index in [0.717, 1.165) is 10.5 Å². The van der Waals surface area contributed by atoms with Crippen LogP contribution in [0.5, 0.6) is 11.5 Å². The Morgan fingerprint density at radius 1 is 1.16 bits per heavy atom. The van der Waals surface area contributed by atoms with E-state index in [1.54, 1.807) is 0 Å². The van der Waals surface area contributed by atoms with Crippen molar-refractivity contribution in [1.29, 1.82) is 0 Å². The number of imide groups is 1. The van der Waals surface area contributed by atoms with E-state index < -0.39 is 23.8 Å². The predicted octanol–water partition coefficient (Wildman–Crippen LogP) is 2.68. The summed E-state index contributed by atoms with van der Waals surface area (Å²) in [6.45, 7) is 2.84. The summed E-state index contributed by atoms with van der Waals surface area (Å²) in [5.41, 5.74) is 1.15. The first-order chi connectivity index (χ1) is 14.9. The van der Waals surface area contributed by atoms with Crippen LogP contribution in [0.3, 0.4) is 0 Å². The maximum absolute atomic E-state index is 13.1. The molecule has 2 heterocycles. The molecular weight excluding hydrogens is 405 g/mol. The standard InChI is InChI=1S/C22H22FN3O5/c1-13(14-2-8-18-19(12-14)31-11-10-30-18)24-20(27)9-7-17-21(28)26(22(29)25-17)16-5-3-15(23)4-6-16/h2-6,8,12-13,17H,7,9-11H2,1H3,(H,24,27)(H,25,29)/t13-,17-/m0/s1. The molecule has 0 spiro atoms. The second-order valence-corrected chi connectivity index (χ2v) is 7.38. The van der Waals surface area contributed by atoms with E-state index in [2.05, 4.69) is 10.6 Å². The summed E-state index contributed by atoms with van der Waals surface area (Å²) < 4.78 is 24.2. The fraction of sp³-hybridized carbons (Fsp3) is 0.318. The van der Waals surface area contributed by atoms with Crippen LogP contribution in [0.25, 0.3) is 0 Å². The number of halogens is 1. The third-order valence-electron chi connectivity index (χ3n) is 5.21. The van der Waals surface area contributed by atoms with Crippen LogP contribution in [-0.2, 0) is 9.59 Å². The number of hydrogen-bond donors (Lipinski definition) is 2. The molecule has 2 aliphatic heterocycles. The number of rotatable bonds is 6. The van der Waals surface area contributed by atoms with Crippen molar-refractivity contribution in [2.24, 2.45) is 0 Å². The first-order valence-electron chi connectivity index (χ1n) is 10.0. The number of fused-ring (bicyclic) bond motifs is 1. The van der Waals surface area contributed by atoms with Gasteiger partial charge in [0.1, 0.15) is 25.1 Å². The van der Waals surface area contributed by atoms with Gasteiger partial charge in [-0.1, -0.05) is 6.07 Å². The minimum absolute atomic E-state index is 0.0584. The van der Waals surface area contributed by atoms with Crippen molar-refractivity contribution < 1.29 is 28.2 Å². The summed E-state index contributed by atoms with van der Waals surface area (Å²) in [6, 6.07) is 8.90. The summed E-state index contributed by atoms with van der Waals surface area (Å²) >= 11 is 0. The van der Waals surface area contributed by atoms with Gasteiger partial charge >= 0.3 is 6.03 Å². The minimum atomic E-state index is -0.812. The van der Waals surface area contributed by atoms with Gasteiger partial charge in [-0.15, -0.1) is 0 Å². The number of ether oxygens (including phenoxy) is 2. The number of nitrogens with zero attached hydrogens (tertiary/aromatic N) is 1. The normalized spacial score (nSPS) is 18.5. The van der Waals surface area contributed by atoms with Crippen LogP contribution in [0.4, 0.5) is 14.9 Å². The zero-order chi connectivity index (χ0) is 22.0. The number of anilines is 1. The average Bonchev–Trinajstić information content (AvgIpc) is 3.05. The van der Waals surface area contributed by atoms with Gasteiger partial charge in [-0.05, 0) is 55.3 Å². The van der Waals surface area contributed by atoms with Crippen molar-refractivity contribution in [3.63, 3.8) is 0 Å². The first kappa shape index (κ1) is 20.6. The molecule has 2 aromatic carbocycles. The summed E-state index contributed by atoms with van der Waals surface area (Å²) in [5, 5.41) is 5.46. The number of nitrogens with one attached hydrogen (secondary N) is 2. The Bertz CT molecular complexity index is 1010. The Morgan fingerprint density at radius 2 is 1.87 bits per heavy atom. The van der Waals surface area contributed by atoms with Gasteiger partial charge in [0.05, 0.1) is 11.7 Å². The van der Waals surface area contributed by atoms with Crippen molar-refractivity contribution in [3.8, 4) is 11.5 Å². The van der Waals surface area contributed by atoms with Crippen LogP contribution in [0.15, 0.2) is 42.5 Å². The Hall–Kier alpha value is -3.62. The van der Waals surface area contributed by atoms with Crippen LogP contribution >= 0.6 is 0 Å². The molecule has 2 aromatic rings.